The first-order chi connectivity index (χ1) is 8.69. The van der Waals surface area contributed by atoms with Crippen LogP contribution in [-0.2, 0) is 0 Å². The largest absolute Gasteiger partial charge is 0.339 e. The van der Waals surface area contributed by atoms with E-state index in [9.17, 15) is 0 Å². The van der Waals surface area contributed by atoms with Crippen LogP contribution in [0.1, 0.15) is 37.6 Å². The van der Waals surface area contributed by atoms with E-state index in [0.717, 1.165) is 37.0 Å². The minimum Gasteiger partial charge on any atom is -0.339 e. The molecule has 1 fully saturated rings. The number of nitrogens with one attached hydrogen (secondary N) is 1. The standard InChI is InChI=1S/C14H24N4/c1-4-7-15-13-6-5-8-18(10-13)14-16-11(2)9-12(3)17-14/h9,13,15H,4-8,10H2,1-3H3. The highest BCUT2D eigenvalue weighted by Gasteiger charge is 2.21. The van der Waals surface area contributed by atoms with Crippen molar-refractivity contribution in [2.24, 2.45) is 0 Å². The molecule has 1 aromatic heterocycles. The van der Waals surface area contributed by atoms with Gasteiger partial charge in [-0.2, -0.15) is 0 Å². The quantitative estimate of drug-likeness (QED) is 0.885. The second-order valence-corrected chi connectivity index (χ2v) is 5.19. The summed E-state index contributed by atoms with van der Waals surface area (Å²) in [6, 6.07) is 2.61. The summed E-state index contributed by atoms with van der Waals surface area (Å²) in [5, 5.41) is 3.60. The lowest BCUT2D eigenvalue weighted by molar-refractivity contribution is 0.419. The third-order valence-electron chi connectivity index (χ3n) is 3.36. The van der Waals surface area contributed by atoms with Crippen LogP contribution in [-0.4, -0.2) is 35.6 Å². The van der Waals surface area contributed by atoms with Gasteiger partial charge in [-0.05, 0) is 45.7 Å². The van der Waals surface area contributed by atoms with Crippen molar-refractivity contribution in [2.45, 2.75) is 46.1 Å². The molecule has 1 atom stereocenters. The topological polar surface area (TPSA) is 41.0 Å². The molecule has 2 rings (SSSR count). The van der Waals surface area contributed by atoms with E-state index in [1.165, 1.54) is 19.3 Å². The second-order valence-electron chi connectivity index (χ2n) is 5.19. The predicted molar refractivity (Wildman–Crippen MR) is 75.0 cm³/mol. The zero-order valence-electron chi connectivity index (χ0n) is 11.7. The van der Waals surface area contributed by atoms with Gasteiger partial charge in [0.05, 0.1) is 0 Å². The molecule has 18 heavy (non-hydrogen) atoms. The third-order valence-corrected chi connectivity index (χ3v) is 3.36. The Morgan fingerprint density at radius 3 is 2.72 bits per heavy atom. The lowest BCUT2D eigenvalue weighted by atomic mass is 10.1. The van der Waals surface area contributed by atoms with Crippen LogP contribution in [0.4, 0.5) is 5.95 Å². The van der Waals surface area contributed by atoms with Gasteiger partial charge in [-0.15, -0.1) is 0 Å². The summed E-state index contributed by atoms with van der Waals surface area (Å²) in [4.78, 5) is 11.4. The van der Waals surface area contributed by atoms with Gasteiger partial charge in [0.15, 0.2) is 0 Å². The molecule has 100 valence electrons. The summed E-state index contributed by atoms with van der Waals surface area (Å²) >= 11 is 0. The van der Waals surface area contributed by atoms with Crippen molar-refractivity contribution in [1.82, 2.24) is 15.3 Å². The molecule has 1 unspecified atom stereocenters. The average molecular weight is 248 g/mol. The molecule has 0 aliphatic carbocycles. The maximum absolute atomic E-state index is 4.56. The fraction of sp³-hybridized carbons (Fsp3) is 0.714. The lowest BCUT2D eigenvalue weighted by Gasteiger charge is -2.33. The molecule has 1 aliphatic heterocycles. The minimum atomic E-state index is 0.586. The van der Waals surface area contributed by atoms with Gasteiger partial charge < -0.3 is 10.2 Å². The Balaban J connectivity index is 2.03. The molecule has 0 spiro atoms. The van der Waals surface area contributed by atoms with E-state index >= 15 is 0 Å². The Hall–Kier alpha value is -1.16. The summed E-state index contributed by atoms with van der Waals surface area (Å²) in [5.41, 5.74) is 2.11. The monoisotopic (exact) mass is 248 g/mol. The van der Waals surface area contributed by atoms with Gasteiger partial charge >= 0.3 is 0 Å². The van der Waals surface area contributed by atoms with E-state index in [-0.39, 0.29) is 0 Å². The first-order valence-electron chi connectivity index (χ1n) is 6.99. The number of aromatic nitrogens is 2. The number of anilines is 1. The Labute approximate surface area is 110 Å². The van der Waals surface area contributed by atoms with E-state index < -0.39 is 0 Å². The van der Waals surface area contributed by atoms with Crippen LogP contribution < -0.4 is 10.2 Å². The summed E-state index contributed by atoms with van der Waals surface area (Å²) in [5.74, 6) is 0.899. The van der Waals surface area contributed by atoms with Crippen molar-refractivity contribution in [1.29, 1.82) is 0 Å². The summed E-state index contributed by atoms with van der Waals surface area (Å²) in [6.07, 6.45) is 3.68. The van der Waals surface area contributed by atoms with E-state index in [1.807, 2.05) is 19.9 Å². The lowest BCUT2D eigenvalue weighted by Crippen LogP contribution is -2.46. The third kappa shape index (κ3) is 3.42. The molecule has 0 bridgehead atoms. The number of piperidine rings is 1. The zero-order valence-corrected chi connectivity index (χ0v) is 11.7. The van der Waals surface area contributed by atoms with Crippen LogP contribution in [0, 0.1) is 13.8 Å². The van der Waals surface area contributed by atoms with E-state index in [0.29, 0.717) is 6.04 Å². The number of rotatable bonds is 4. The summed E-state index contributed by atoms with van der Waals surface area (Å²) in [7, 11) is 0. The Morgan fingerprint density at radius 2 is 2.06 bits per heavy atom. The molecule has 1 aromatic rings. The van der Waals surface area contributed by atoms with E-state index in [1.54, 1.807) is 0 Å². The van der Waals surface area contributed by atoms with Gasteiger partial charge in [0.2, 0.25) is 5.95 Å². The van der Waals surface area contributed by atoms with Crippen LogP contribution in [0.15, 0.2) is 6.07 Å². The molecular weight excluding hydrogens is 224 g/mol. The van der Waals surface area contributed by atoms with Gasteiger partial charge in [0, 0.05) is 30.5 Å². The maximum atomic E-state index is 4.56. The SMILES string of the molecule is CCCNC1CCCN(c2nc(C)cc(C)n2)C1. The van der Waals surface area contributed by atoms with Crippen molar-refractivity contribution in [3.8, 4) is 0 Å². The number of aryl methyl sites for hydroxylation is 2. The molecule has 1 aliphatic rings. The van der Waals surface area contributed by atoms with E-state index in [2.05, 4.69) is 27.1 Å². The van der Waals surface area contributed by atoms with Crippen LogP contribution in [0.25, 0.3) is 0 Å². The second kappa shape index (κ2) is 6.14. The average Bonchev–Trinajstić information content (AvgIpc) is 2.35. The minimum absolute atomic E-state index is 0.586. The first kappa shape index (κ1) is 13.3. The van der Waals surface area contributed by atoms with Crippen LogP contribution in [0.3, 0.4) is 0 Å². The normalized spacial score (nSPS) is 20.2. The molecule has 4 nitrogen and oxygen atoms in total. The fourth-order valence-corrected chi connectivity index (χ4v) is 2.52. The highest BCUT2D eigenvalue weighted by Crippen LogP contribution is 2.17. The van der Waals surface area contributed by atoms with Gasteiger partial charge in [-0.25, -0.2) is 9.97 Å². The molecule has 0 radical (unpaired) electrons. The molecule has 1 N–H and O–H groups in total. The predicted octanol–water partition coefficient (Wildman–Crippen LogP) is 2.06. The van der Waals surface area contributed by atoms with Crippen LogP contribution in [0.2, 0.25) is 0 Å². The molecule has 0 amide bonds. The Morgan fingerprint density at radius 1 is 1.33 bits per heavy atom. The molecule has 4 heteroatoms. The van der Waals surface area contributed by atoms with Gasteiger partial charge in [0.25, 0.3) is 0 Å². The maximum Gasteiger partial charge on any atom is 0.225 e. The number of nitrogens with zero attached hydrogens (tertiary/aromatic N) is 3. The summed E-state index contributed by atoms with van der Waals surface area (Å²) < 4.78 is 0. The van der Waals surface area contributed by atoms with Gasteiger partial charge in [-0.3, -0.25) is 0 Å². The number of hydrogen-bond donors (Lipinski definition) is 1. The van der Waals surface area contributed by atoms with Crippen molar-refractivity contribution in [2.75, 3.05) is 24.5 Å². The zero-order chi connectivity index (χ0) is 13.0. The number of hydrogen-bond acceptors (Lipinski definition) is 4. The fourth-order valence-electron chi connectivity index (χ4n) is 2.52. The smallest absolute Gasteiger partial charge is 0.225 e. The molecule has 2 heterocycles. The van der Waals surface area contributed by atoms with E-state index in [4.69, 9.17) is 0 Å². The summed E-state index contributed by atoms with van der Waals surface area (Å²) in [6.45, 7) is 9.49. The van der Waals surface area contributed by atoms with Crippen molar-refractivity contribution >= 4 is 5.95 Å². The highest BCUT2D eigenvalue weighted by molar-refractivity contribution is 5.33. The molecule has 0 saturated carbocycles. The van der Waals surface area contributed by atoms with Crippen molar-refractivity contribution in [3.63, 3.8) is 0 Å². The first-order valence-corrected chi connectivity index (χ1v) is 6.99. The van der Waals surface area contributed by atoms with Crippen LogP contribution in [0.5, 0.6) is 0 Å². The van der Waals surface area contributed by atoms with Gasteiger partial charge in [-0.1, -0.05) is 6.92 Å². The van der Waals surface area contributed by atoms with Crippen LogP contribution >= 0.6 is 0 Å². The molecule has 1 saturated heterocycles. The van der Waals surface area contributed by atoms with Gasteiger partial charge in [0.1, 0.15) is 0 Å². The Kier molecular flexibility index (Phi) is 4.53. The van der Waals surface area contributed by atoms with Crippen molar-refractivity contribution in [3.05, 3.63) is 17.5 Å². The molecule has 0 aromatic carbocycles. The highest BCUT2D eigenvalue weighted by atomic mass is 15.3. The molecular formula is C14H24N4. The Bertz CT molecular complexity index is 371. The van der Waals surface area contributed by atoms with Crippen molar-refractivity contribution < 1.29 is 0 Å².